The van der Waals surface area contributed by atoms with Crippen molar-refractivity contribution in [2.45, 2.75) is 18.9 Å². The number of carbonyl (C=O) groups is 1. The molecule has 1 amide bonds. The number of hydrogen-bond acceptors (Lipinski definition) is 4. The molecule has 2 aliphatic rings. The topological polar surface area (TPSA) is 78.4 Å². The third-order valence-electron chi connectivity index (χ3n) is 5.24. The van der Waals surface area contributed by atoms with Gasteiger partial charge in [-0.15, -0.1) is 10.2 Å². The van der Waals surface area contributed by atoms with E-state index in [9.17, 15) is 9.18 Å². The van der Waals surface area contributed by atoms with Crippen molar-refractivity contribution < 1.29 is 14.3 Å². The van der Waals surface area contributed by atoms with Gasteiger partial charge in [0.25, 0.3) is 0 Å². The van der Waals surface area contributed by atoms with Crippen LogP contribution in [0.4, 0.5) is 15.0 Å². The number of halogens is 2. The van der Waals surface area contributed by atoms with Crippen molar-refractivity contribution >= 4 is 23.5 Å². The molecule has 0 bridgehead atoms. The summed E-state index contributed by atoms with van der Waals surface area (Å²) in [6, 6.07) is 7.97. The van der Waals surface area contributed by atoms with Gasteiger partial charge in [-0.2, -0.15) is 0 Å². The van der Waals surface area contributed by atoms with Crippen LogP contribution in [0.15, 0.2) is 30.3 Å². The Morgan fingerprint density at radius 3 is 2.54 bits per heavy atom. The van der Waals surface area contributed by atoms with Crippen LogP contribution >= 0.6 is 11.6 Å². The standard InChI is InChI=1S/C18H18ClFN4O2/c19-15-2-1-12(20)7-14(15)16-3-4-17(23-22-16)21-13-5-10-8-24(18(25)26)9-11(10)6-13/h1-4,7,10-11,13H,5-6,8-9H2,(H,21,23)(H,25,26)/t10-,11+,13-. The first kappa shape index (κ1) is 17.0. The average Bonchev–Trinajstić information content (AvgIpc) is 3.16. The molecule has 1 aromatic heterocycles. The van der Waals surface area contributed by atoms with Crippen molar-refractivity contribution in [2.75, 3.05) is 18.4 Å². The molecule has 0 spiro atoms. The van der Waals surface area contributed by atoms with Crippen molar-refractivity contribution in [3.63, 3.8) is 0 Å². The summed E-state index contributed by atoms with van der Waals surface area (Å²) in [5.41, 5.74) is 1.02. The van der Waals surface area contributed by atoms with Crippen LogP contribution in [-0.4, -0.2) is 45.4 Å². The number of nitrogens with zero attached hydrogens (tertiary/aromatic N) is 3. The highest BCUT2D eigenvalue weighted by Crippen LogP contribution is 2.39. The van der Waals surface area contributed by atoms with Crippen LogP contribution in [-0.2, 0) is 0 Å². The number of fused-ring (bicyclic) bond motifs is 1. The summed E-state index contributed by atoms with van der Waals surface area (Å²) in [5.74, 6) is 1.09. The number of hydrogen-bond donors (Lipinski definition) is 2. The molecular formula is C18H18ClFN4O2. The molecule has 136 valence electrons. The summed E-state index contributed by atoms with van der Waals surface area (Å²) < 4.78 is 13.4. The second-order valence-corrected chi connectivity index (χ2v) is 7.36. The van der Waals surface area contributed by atoms with E-state index in [1.54, 1.807) is 12.1 Å². The van der Waals surface area contributed by atoms with Crippen LogP contribution in [0.5, 0.6) is 0 Å². The average molecular weight is 377 g/mol. The molecule has 1 aromatic carbocycles. The van der Waals surface area contributed by atoms with E-state index in [4.69, 9.17) is 16.7 Å². The zero-order valence-corrected chi connectivity index (χ0v) is 14.7. The van der Waals surface area contributed by atoms with E-state index >= 15 is 0 Å². The van der Waals surface area contributed by atoms with Crippen LogP contribution in [0.2, 0.25) is 5.02 Å². The van der Waals surface area contributed by atoms with Crippen molar-refractivity contribution in [3.8, 4) is 11.3 Å². The second-order valence-electron chi connectivity index (χ2n) is 6.95. The molecule has 1 aliphatic heterocycles. The number of aromatic nitrogens is 2. The molecule has 2 fully saturated rings. The fourth-order valence-corrected chi connectivity index (χ4v) is 4.24. The van der Waals surface area contributed by atoms with Crippen LogP contribution in [0.1, 0.15) is 12.8 Å². The number of amides is 1. The minimum Gasteiger partial charge on any atom is -0.465 e. The van der Waals surface area contributed by atoms with Crippen molar-refractivity contribution in [2.24, 2.45) is 11.8 Å². The highest BCUT2D eigenvalue weighted by atomic mass is 35.5. The molecule has 8 heteroatoms. The summed E-state index contributed by atoms with van der Waals surface area (Å²) in [7, 11) is 0. The van der Waals surface area contributed by atoms with Gasteiger partial charge in [-0.3, -0.25) is 0 Å². The molecule has 2 aromatic rings. The van der Waals surface area contributed by atoms with Gasteiger partial charge in [-0.05, 0) is 55.0 Å². The third kappa shape index (κ3) is 3.31. The van der Waals surface area contributed by atoms with E-state index in [1.165, 1.54) is 23.1 Å². The SMILES string of the molecule is O=C(O)N1C[C@H]2C[C@@H](Nc3ccc(-c4cc(F)ccc4Cl)nn3)C[C@H]2C1. The highest BCUT2D eigenvalue weighted by Gasteiger charge is 2.42. The van der Waals surface area contributed by atoms with E-state index in [1.807, 2.05) is 0 Å². The molecule has 26 heavy (non-hydrogen) atoms. The zero-order valence-electron chi connectivity index (χ0n) is 13.9. The van der Waals surface area contributed by atoms with Crippen molar-refractivity contribution in [1.29, 1.82) is 0 Å². The van der Waals surface area contributed by atoms with Crippen LogP contribution in [0.3, 0.4) is 0 Å². The summed E-state index contributed by atoms with van der Waals surface area (Å²) in [5, 5.41) is 21.2. The van der Waals surface area contributed by atoms with E-state index < -0.39 is 6.09 Å². The van der Waals surface area contributed by atoms with Crippen LogP contribution < -0.4 is 5.32 Å². The Balaban J connectivity index is 1.40. The molecule has 4 rings (SSSR count). The van der Waals surface area contributed by atoms with Crippen LogP contribution in [0.25, 0.3) is 11.3 Å². The summed E-state index contributed by atoms with van der Waals surface area (Å²) in [4.78, 5) is 12.6. The van der Waals surface area contributed by atoms with Gasteiger partial charge in [-0.25, -0.2) is 9.18 Å². The molecule has 6 nitrogen and oxygen atoms in total. The summed E-state index contributed by atoms with van der Waals surface area (Å²) in [6.45, 7) is 1.22. The normalized spacial score (nSPS) is 24.5. The number of carboxylic acid groups (broad SMARTS) is 1. The number of likely N-dealkylation sites (tertiary alicyclic amines) is 1. The predicted octanol–water partition coefficient (Wildman–Crippen LogP) is 3.74. The van der Waals surface area contributed by atoms with Crippen molar-refractivity contribution in [3.05, 3.63) is 41.2 Å². The molecule has 2 heterocycles. The maximum absolute atomic E-state index is 13.4. The van der Waals surface area contributed by atoms with Crippen LogP contribution in [0, 0.1) is 17.7 Å². The number of benzene rings is 1. The molecule has 0 unspecified atom stereocenters. The monoisotopic (exact) mass is 376 g/mol. The fraction of sp³-hybridized carbons (Fsp3) is 0.389. The number of nitrogens with one attached hydrogen (secondary N) is 1. The molecule has 3 atom stereocenters. The maximum atomic E-state index is 13.4. The van der Waals surface area contributed by atoms with Gasteiger partial charge in [0.2, 0.25) is 0 Å². The highest BCUT2D eigenvalue weighted by molar-refractivity contribution is 6.33. The quantitative estimate of drug-likeness (QED) is 0.853. The molecule has 1 saturated heterocycles. The molecule has 1 aliphatic carbocycles. The van der Waals surface area contributed by atoms with Crippen molar-refractivity contribution in [1.82, 2.24) is 15.1 Å². The number of rotatable bonds is 3. The largest absolute Gasteiger partial charge is 0.465 e. The Kier molecular flexibility index (Phi) is 4.40. The Labute approximate surface area is 155 Å². The lowest BCUT2D eigenvalue weighted by atomic mass is 10.0. The maximum Gasteiger partial charge on any atom is 0.407 e. The molecule has 2 N–H and O–H groups in total. The van der Waals surface area contributed by atoms with Gasteiger partial charge < -0.3 is 15.3 Å². The number of anilines is 1. The molecule has 1 saturated carbocycles. The van der Waals surface area contributed by atoms with Gasteiger partial charge in [0.05, 0.1) is 10.7 Å². The Bertz CT molecular complexity index is 818. The fourth-order valence-electron chi connectivity index (χ4n) is 4.03. The van der Waals surface area contributed by atoms with Gasteiger partial charge >= 0.3 is 6.09 Å². The summed E-state index contributed by atoms with van der Waals surface area (Å²) in [6.07, 6.45) is 1.02. The van der Waals surface area contributed by atoms with E-state index in [-0.39, 0.29) is 11.9 Å². The zero-order chi connectivity index (χ0) is 18.3. The minimum atomic E-state index is -0.832. The lowest BCUT2D eigenvalue weighted by Crippen LogP contribution is -2.29. The second kappa shape index (κ2) is 6.72. The summed E-state index contributed by atoms with van der Waals surface area (Å²) >= 11 is 6.10. The molecular weight excluding hydrogens is 359 g/mol. The lowest BCUT2D eigenvalue weighted by Gasteiger charge is -2.17. The van der Waals surface area contributed by atoms with Gasteiger partial charge in [-0.1, -0.05) is 11.6 Å². The first-order valence-electron chi connectivity index (χ1n) is 8.53. The van der Waals surface area contributed by atoms with E-state index in [0.29, 0.717) is 47.0 Å². The first-order valence-corrected chi connectivity index (χ1v) is 8.91. The predicted molar refractivity (Wildman–Crippen MR) is 95.7 cm³/mol. The first-order chi connectivity index (χ1) is 12.5. The Morgan fingerprint density at radius 1 is 1.19 bits per heavy atom. The van der Waals surface area contributed by atoms with E-state index in [2.05, 4.69) is 15.5 Å². The molecule has 0 radical (unpaired) electrons. The van der Waals surface area contributed by atoms with Gasteiger partial charge in [0.1, 0.15) is 11.6 Å². The Hall–Kier alpha value is -2.41. The third-order valence-corrected chi connectivity index (χ3v) is 5.57. The van der Waals surface area contributed by atoms with Gasteiger partial charge in [0, 0.05) is 24.7 Å². The Morgan fingerprint density at radius 2 is 1.92 bits per heavy atom. The lowest BCUT2D eigenvalue weighted by molar-refractivity contribution is 0.152. The minimum absolute atomic E-state index is 0.263. The smallest absolute Gasteiger partial charge is 0.407 e. The van der Waals surface area contributed by atoms with E-state index in [0.717, 1.165) is 12.8 Å². The van der Waals surface area contributed by atoms with Gasteiger partial charge in [0.15, 0.2) is 0 Å².